The van der Waals surface area contributed by atoms with Crippen LogP contribution in [0.3, 0.4) is 0 Å². The molecule has 0 saturated carbocycles. The molecule has 0 bridgehead atoms. The van der Waals surface area contributed by atoms with Crippen molar-refractivity contribution in [3.63, 3.8) is 0 Å². The molecule has 4 nitrogen and oxygen atoms in total. The predicted octanol–water partition coefficient (Wildman–Crippen LogP) is 3.43. The summed E-state index contributed by atoms with van der Waals surface area (Å²) in [5.74, 6) is 0.981. The molecule has 1 atom stereocenters. The fraction of sp³-hybridized carbons (Fsp3) is 0.316. The molecule has 0 spiro atoms. The summed E-state index contributed by atoms with van der Waals surface area (Å²) in [4.78, 5) is 11.4. The molecule has 1 amide bonds. The summed E-state index contributed by atoms with van der Waals surface area (Å²) in [5.41, 5.74) is 4.64. The molecule has 0 aliphatic carbocycles. The first kappa shape index (κ1) is 15.6. The third-order valence-corrected chi connectivity index (χ3v) is 4.30. The Morgan fingerprint density at radius 2 is 1.96 bits per heavy atom. The molecular weight excluding hydrogens is 288 g/mol. The Kier molecular flexibility index (Phi) is 4.63. The minimum atomic E-state index is 0.107. The van der Waals surface area contributed by atoms with Gasteiger partial charge in [0.1, 0.15) is 5.75 Å². The van der Waals surface area contributed by atoms with Gasteiger partial charge in [0.2, 0.25) is 5.91 Å². The van der Waals surface area contributed by atoms with E-state index in [1.807, 2.05) is 18.2 Å². The Hall–Kier alpha value is -2.33. The van der Waals surface area contributed by atoms with E-state index in [0.29, 0.717) is 6.42 Å². The summed E-state index contributed by atoms with van der Waals surface area (Å²) < 4.78 is 5.17. The first-order chi connectivity index (χ1) is 11.2. The number of methoxy groups -OCH3 is 1. The van der Waals surface area contributed by atoms with E-state index in [4.69, 9.17) is 4.74 Å². The fourth-order valence-corrected chi connectivity index (χ4v) is 2.80. The number of carbonyl (C=O) groups excluding carboxylic acids is 1. The summed E-state index contributed by atoms with van der Waals surface area (Å²) in [6.07, 6.45) is 1.39. The average molecular weight is 310 g/mol. The van der Waals surface area contributed by atoms with Gasteiger partial charge in [-0.1, -0.05) is 24.3 Å². The monoisotopic (exact) mass is 310 g/mol. The molecule has 1 unspecified atom stereocenters. The molecule has 2 N–H and O–H groups in total. The van der Waals surface area contributed by atoms with E-state index in [1.54, 1.807) is 7.11 Å². The van der Waals surface area contributed by atoms with Gasteiger partial charge in [0, 0.05) is 24.7 Å². The topological polar surface area (TPSA) is 50.4 Å². The zero-order valence-corrected chi connectivity index (χ0v) is 13.6. The Morgan fingerprint density at radius 1 is 1.17 bits per heavy atom. The smallest absolute Gasteiger partial charge is 0.224 e. The van der Waals surface area contributed by atoms with Gasteiger partial charge in [-0.15, -0.1) is 0 Å². The first-order valence-electron chi connectivity index (χ1n) is 7.94. The second kappa shape index (κ2) is 6.84. The van der Waals surface area contributed by atoms with Gasteiger partial charge in [0.15, 0.2) is 0 Å². The highest BCUT2D eigenvalue weighted by Gasteiger charge is 2.16. The Morgan fingerprint density at radius 3 is 2.70 bits per heavy atom. The van der Waals surface area contributed by atoms with Crippen LogP contribution in [0.15, 0.2) is 42.5 Å². The van der Waals surface area contributed by atoms with Crippen molar-refractivity contribution in [2.45, 2.75) is 32.4 Å². The highest BCUT2D eigenvalue weighted by Crippen LogP contribution is 2.26. The van der Waals surface area contributed by atoms with Crippen LogP contribution in [0.5, 0.6) is 5.75 Å². The molecule has 0 aromatic heterocycles. The third kappa shape index (κ3) is 3.71. The van der Waals surface area contributed by atoms with Crippen molar-refractivity contribution in [3.8, 4) is 5.75 Å². The van der Waals surface area contributed by atoms with Crippen LogP contribution in [-0.4, -0.2) is 13.0 Å². The number of hydrogen-bond acceptors (Lipinski definition) is 3. The second-order valence-corrected chi connectivity index (χ2v) is 5.92. The van der Waals surface area contributed by atoms with Crippen molar-refractivity contribution in [1.29, 1.82) is 0 Å². The maximum atomic E-state index is 11.4. The molecular formula is C19H22N2O2. The molecule has 120 valence electrons. The van der Waals surface area contributed by atoms with E-state index in [0.717, 1.165) is 24.4 Å². The number of aryl methyl sites for hydroxylation is 1. The average Bonchev–Trinajstić information content (AvgIpc) is 2.59. The van der Waals surface area contributed by atoms with Crippen LogP contribution >= 0.6 is 0 Å². The maximum absolute atomic E-state index is 11.4. The van der Waals surface area contributed by atoms with Crippen molar-refractivity contribution >= 4 is 11.6 Å². The van der Waals surface area contributed by atoms with E-state index >= 15 is 0 Å². The molecule has 23 heavy (non-hydrogen) atoms. The maximum Gasteiger partial charge on any atom is 0.224 e. The van der Waals surface area contributed by atoms with Crippen molar-refractivity contribution in [2.75, 3.05) is 12.4 Å². The molecule has 1 heterocycles. The molecule has 1 aliphatic rings. The highest BCUT2D eigenvalue weighted by atomic mass is 16.5. The van der Waals surface area contributed by atoms with Crippen molar-refractivity contribution in [2.24, 2.45) is 0 Å². The van der Waals surface area contributed by atoms with Gasteiger partial charge in [-0.3, -0.25) is 4.79 Å². The molecule has 3 rings (SSSR count). The zero-order valence-electron chi connectivity index (χ0n) is 13.6. The van der Waals surface area contributed by atoms with Gasteiger partial charge in [-0.2, -0.15) is 0 Å². The molecule has 1 aliphatic heterocycles. The van der Waals surface area contributed by atoms with E-state index in [1.165, 1.54) is 16.7 Å². The van der Waals surface area contributed by atoms with Gasteiger partial charge in [-0.05, 0) is 48.2 Å². The number of benzene rings is 2. The summed E-state index contributed by atoms with van der Waals surface area (Å²) >= 11 is 0. The number of rotatable bonds is 5. The highest BCUT2D eigenvalue weighted by molar-refractivity contribution is 5.93. The van der Waals surface area contributed by atoms with Gasteiger partial charge >= 0.3 is 0 Å². The number of ether oxygens (including phenoxy) is 1. The van der Waals surface area contributed by atoms with Crippen LogP contribution in [0.4, 0.5) is 5.69 Å². The lowest BCUT2D eigenvalue weighted by Crippen LogP contribution is -2.21. The second-order valence-electron chi connectivity index (χ2n) is 5.92. The number of nitrogens with one attached hydrogen (secondary N) is 2. The molecule has 0 radical (unpaired) electrons. The standard InChI is InChI=1S/C19H22N2O2/c1-13(20-12-14-3-7-17(23-2)8-4-14)15-5-9-18-16(11-15)6-10-19(22)21-18/h3-5,7-9,11,13,20H,6,10,12H2,1-2H3,(H,21,22). The van der Waals surface area contributed by atoms with Crippen LogP contribution in [-0.2, 0) is 17.8 Å². The number of anilines is 1. The summed E-state index contributed by atoms with van der Waals surface area (Å²) in [6.45, 7) is 2.96. The van der Waals surface area contributed by atoms with Crippen LogP contribution in [0.2, 0.25) is 0 Å². The van der Waals surface area contributed by atoms with Crippen molar-refractivity contribution in [3.05, 3.63) is 59.2 Å². The van der Waals surface area contributed by atoms with Crippen molar-refractivity contribution < 1.29 is 9.53 Å². The molecule has 2 aromatic carbocycles. The Labute approximate surface area is 136 Å². The van der Waals surface area contributed by atoms with Crippen LogP contribution in [0, 0.1) is 0 Å². The van der Waals surface area contributed by atoms with Crippen LogP contribution < -0.4 is 15.4 Å². The van der Waals surface area contributed by atoms with Crippen LogP contribution in [0.25, 0.3) is 0 Å². The van der Waals surface area contributed by atoms with Crippen molar-refractivity contribution in [1.82, 2.24) is 5.32 Å². The number of carbonyl (C=O) groups is 1. The summed E-state index contributed by atoms with van der Waals surface area (Å²) in [7, 11) is 1.67. The molecule has 0 saturated heterocycles. The zero-order chi connectivity index (χ0) is 16.2. The Balaban J connectivity index is 1.63. The van der Waals surface area contributed by atoms with E-state index < -0.39 is 0 Å². The number of fused-ring (bicyclic) bond motifs is 1. The molecule has 4 heteroatoms. The van der Waals surface area contributed by atoms with Crippen LogP contribution in [0.1, 0.15) is 36.1 Å². The minimum absolute atomic E-state index is 0.107. The predicted molar refractivity (Wildman–Crippen MR) is 91.6 cm³/mol. The normalized spacial score (nSPS) is 14.8. The number of amides is 1. The Bertz CT molecular complexity index is 695. The lowest BCUT2D eigenvalue weighted by molar-refractivity contribution is -0.116. The largest absolute Gasteiger partial charge is 0.497 e. The van der Waals surface area contributed by atoms with Gasteiger partial charge in [0.25, 0.3) is 0 Å². The fourth-order valence-electron chi connectivity index (χ4n) is 2.80. The third-order valence-electron chi connectivity index (χ3n) is 4.30. The molecule has 2 aromatic rings. The first-order valence-corrected chi connectivity index (χ1v) is 7.94. The quantitative estimate of drug-likeness (QED) is 0.889. The minimum Gasteiger partial charge on any atom is -0.497 e. The van der Waals surface area contributed by atoms with Gasteiger partial charge < -0.3 is 15.4 Å². The molecule has 0 fully saturated rings. The van der Waals surface area contributed by atoms with E-state index in [-0.39, 0.29) is 11.9 Å². The lowest BCUT2D eigenvalue weighted by atomic mass is 9.97. The van der Waals surface area contributed by atoms with E-state index in [2.05, 4.69) is 41.8 Å². The summed E-state index contributed by atoms with van der Waals surface area (Å²) in [6, 6.07) is 14.6. The van der Waals surface area contributed by atoms with E-state index in [9.17, 15) is 4.79 Å². The summed E-state index contributed by atoms with van der Waals surface area (Å²) in [5, 5.41) is 6.46. The lowest BCUT2D eigenvalue weighted by Gasteiger charge is -2.20. The van der Waals surface area contributed by atoms with Gasteiger partial charge in [-0.25, -0.2) is 0 Å². The number of hydrogen-bond donors (Lipinski definition) is 2. The van der Waals surface area contributed by atoms with Gasteiger partial charge in [0.05, 0.1) is 7.11 Å². The SMILES string of the molecule is COc1ccc(CNC(C)c2ccc3c(c2)CCC(=O)N3)cc1.